The summed E-state index contributed by atoms with van der Waals surface area (Å²) in [5.41, 5.74) is 6.21. The summed E-state index contributed by atoms with van der Waals surface area (Å²) in [6, 6.07) is 9.75. The number of nitrogens with one attached hydrogen (secondary N) is 1. The van der Waals surface area contributed by atoms with E-state index in [4.69, 9.17) is 14.9 Å². The number of hydrogen-bond acceptors (Lipinski definition) is 4. The van der Waals surface area contributed by atoms with E-state index in [9.17, 15) is 4.79 Å². The van der Waals surface area contributed by atoms with Gasteiger partial charge in [-0.3, -0.25) is 4.79 Å². The SMILES string of the molecule is C=C/C=C(\C=N)c1ccc(C(=C)Cc2cc(OC)c(C(C)=O)c(OC)c2)c(C)c1. The van der Waals surface area contributed by atoms with Gasteiger partial charge in [-0.15, -0.1) is 0 Å². The summed E-state index contributed by atoms with van der Waals surface area (Å²) < 4.78 is 10.8. The van der Waals surface area contributed by atoms with Crippen molar-refractivity contribution in [3.63, 3.8) is 0 Å². The fourth-order valence-corrected chi connectivity index (χ4v) is 3.35. The van der Waals surface area contributed by atoms with Gasteiger partial charge in [-0.05, 0) is 65.8 Å². The van der Waals surface area contributed by atoms with Gasteiger partial charge in [0.1, 0.15) is 17.1 Å². The second-order valence-electron chi connectivity index (χ2n) is 6.74. The van der Waals surface area contributed by atoms with Crippen LogP contribution in [0, 0.1) is 12.3 Å². The van der Waals surface area contributed by atoms with E-state index in [-0.39, 0.29) is 5.78 Å². The molecule has 0 fully saturated rings. The van der Waals surface area contributed by atoms with Crippen molar-refractivity contribution < 1.29 is 14.3 Å². The molecule has 0 bridgehead atoms. The minimum Gasteiger partial charge on any atom is -0.496 e. The van der Waals surface area contributed by atoms with Crippen LogP contribution in [0.25, 0.3) is 11.1 Å². The zero-order valence-corrected chi connectivity index (χ0v) is 17.5. The molecule has 4 heteroatoms. The number of ether oxygens (including phenoxy) is 2. The standard InChI is InChI=1S/C25H27NO3/c1-7-8-21(15-26)20-9-10-22(17(3)12-20)16(2)11-19-13-23(28-5)25(18(4)27)24(14-19)29-6/h7-10,12-15,26H,1-2,11H2,3-6H3/b21-8+,26-15?. The highest BCUT2D eigenvalue weighted by molar-refractivity contribution is 6.08. The number of carbonyl (C=O) groups excluding carboxylic acids is 1. The summed E-state index contributed by atoms with van der Waals surface area (Å²) in [5.74, 6) is 0.888. The van der Waals surface area contributed by atoms with E-state index in [0.29, 0.717) is 23.5 Å². The van der Waals surface area contributed by atoms with Crippen molar-refractivity contribution in [3.8, 4) is 11.5 Å². The third-order valence-electron chi connectivity index (χ3n) is 4.73. The first kappa shape index (κ1) is 21.9. The normalized spacial score (nSPS) is 11.0. The average Bonchev–Trinajstić information content (AvgIpc) is 2.70. The van der Waals surface area contributed by atoms with Crippen LogP contribution >= 0.6 is 0 Å². The van der Waals surface area contributed by atoms with Crippen LogP contribution in [0.4, 0.5) is 0 Å². The summed E-state index contributed by atoms with van der Waals surface area (Å²) in [6.45, 7) is 11.5. The topological polar surface area (TPSA) is 59.4 Å². The quantitative estimate of drug-likeness (QED) is 0.340. The predicted octanol–water partition coefficient (Wildman–Crippen LogP) is 5.69. The van der Waals surface area contributed by atoms with Crippen LogP contribution in [-0.4, -0.2) is 26.2 Å². The van der Waals surface area contributed by atoms with Crippen LogP contribution < -0.4 is 9.47 Å². The van der Waals surface area contributed by atoms with Gasteiger partial charge in [-0.25, -0.2) is 0 Å². The van der Waals surface area contributed by atoms with Gasteiger partial charge in [0.05, 0.1) is 14.2 Å². The Morgan fingerprint density at radius 1 is 1.14 bits per heavy atom. The molecule has 150 valence electrons. The van der Waals surface area contributed by atoms with E-state index in [2.05, 4.69) is 13.2 Å². The van der Waals surface area contributed by atoms with Crippen molar-refractivity contribution >= 4 is 23.1 Å². The molecule has 0 aromatic heterocycles. The molecule has 2 aromatic carbocycles. The molecule has 0 saturated carbocycles. The lowest BCUT2D eigenvalue weighted by molar-refractivity contribution is 0.101. The maximum atomic E-state index is 12.0. The van der Waals surface area contributed by atoms with Crippen LogP contribution in [-0.2, 0) is 6.42 Å². The summed E-state index contributed by atoms with van der Waals surface area (Å²) in [4.78, 5) is 12.0. The zero-order valence-electron chi connectivity index (χ0n) is 17.5. The first-order chi connectivity index (χ1) is 13.9. The van der Waals surface area contributed by atoms with Crippen LogP contribution in [0.1, 0.15) is 39.5 Å². The largest absolute Gasteiger partial charge is 0.496 e. The summed E-state index contributed by atoms with van der Waals surface area (Å²) in [6.07, 6.45) is 5.39. The number of carbonyl (C=O) groups is 1. The first-order valence-electron chi connectivity index (χ1n) is 9.24. The number of aryl methyl sites for hydroxylation is 1. The van der Waals surface area contributed by atoms with E-state index < -0.39 is 0 Å². The highest BCUT2D eigenvalue weighted by Crippen LogP contribution is 2.33. The van der Waals surface area contributed by atoms with E-state index in [1.54, 1.807) is 20.3 Å². The second-order valence-corrected chi connectivity index (χ2v) is 6.74. The van der Waals surface area contributed by atoms with E-state index in [1.165, 1.54) is 13.1 Å². The van der Waals surface area contributed by atoms with Gasteiger partial charge in [0.25, 0.3) is 0 Å². The summed E-state index contributed by atoms with van der Waals surface area (Å²) >= 11 is 0. The lowest BCUT2D eigenvalue weighted by Crippen LogP contribution is -2.03. The molecule has 1 N–H and O–H groups in total. The number of allylic oxidation sites excluding steroid dienone is 4. The molecule has 0 unspecified atom stereocenters. The van der Waals surface area contributed by atoms with Gasteiger partial charge in [0.2, 0.25) is 0 Å². The number of hydrogen-bond donors (Lipinski definition) is 1. The number of ketones is 1. The predicted molar refractivity (Wildman–Crippen MR) is 120 cm³/mol. The third kappa shape index (κ3) is 4.91. The fourth-order valence-electron chi connectivity index (χ4n) is 3.35. The van der Waals surface area contributed by atoms with Crippen molar-refractivity contribution in [3.05, 3.63) is 83.5 Å². The molecular formula is C25H27NO3. The molecule has 29 heavy (non-hydrogen) atoms. The fraction of sp³-hybridized carbons (Fsp3) is 0.200. The highest BCUT2D eigenvalue weighted by atomic mass is 16.5. The summed E-state index contributed by atoms with van der Waals surface area (Å²) in [5, 5.41) is 7.58. The van der Waals surface area contributed by atoms with Gasteiger partial charge in [0, 0.05) is 6.21 Å². The Morgan fingerprint density at radius 2 is 1.76 bits per heavy atom. The maximum Gasteiger partial charge on any atom is 0.167 e. The molecule has 0 radical (unpaired) electrons. The smallest absolute Gasteiger partial charge is 0.167 e. The number of methoxy groups -OCH3 is 2. The molecule has 0 atom stereocenters. The Hall–Kier alpha value is -3.40. The monoisotopic (exact) mass is 389 g/mol. The Bertz CT molecular complexity index is 974. The summed E-state index contributed by atoms with van der Waals surface area (Å²) in [7, 11) is 3.08. The van der Waals surface area contributed by atoms with E-state index >= 15 is 0 Å². The molecule has 2 aromatic rings. The molecule has 2 rings (SSSR count). The van der Waals surface area contributed by atoms with Gasteiger partial charge in [-0.1, -0.05) is 43.5 Å². The Balaban J connectivity index is 2.37. The highest BCUT2D eigenvalue weighted by Gasteiger charge is 2.17. The van der Waals surface area contributed by atoms with Gasteiger partial charge in [-0.2, -0.15) is 0 Å². The van der Waals surface area contributed by atoms with Crippen molar-refractivity contribution in [1.82, 2.24) is 0 Å². The first-order valence-corrected chi connectivity index (χ1v) is 9.24. The molecule has 0 spiro atoms. The molecule has 0 aliphatic rings. The number of benzene rings is 2. The molecule has 0 amide bonds. The minimum atomic E-state index is -0.106. The molecule has 0 aliphatic heterocycles. The molecule has 0 heterocycles. The van der Waals surface area contributed by atoms with Gasteiger partial charge >= 0.3 is 0 Å². The average molecular weight is 389 g/mol. The number of rotatable bonds is 9. The van der Waals surface area contributed by atoms with Crippen LogP contribution in [0.15, 0.2) is 55.6 Å². The van der Waals surface area contributed by atoms with E-state index in [1.807, 2.05) is 43.3 Å². The second kappa shape index (κ2) is 9.69. The third-order valence-corrected chi connectivity index (χ3v) is 4.73. The van der Waals surface area contributed by atoms with Crippen molar-refractivity contribution in [2.24, 2.45) is 0 Å². The van der Waals surface area contributed by atoms with Gasteiger partial charge < -0.3 is 14.9 Å². The van der Waals surface area contributed by atoms with E-state index in [0.717, 1.165) is 33.4 Å². The molecule has 0 saturated heterocycles. The molecular weight excluding hydrogens is 362 g/mol. The Morgan fingerprint density at radius 3 is 2.21 bits per heavy atom. The van der Waals surface area contributed by atoms with Crippen LogP contribution in [0.3, 0.4) is 0 Å². The minimum absolute atomic E-state index is 0.106. The maximum absolute atomic E-state index is 12.0. The molecule has 0 aliphatic carbocycles. The lowest BCUT2D eigenvalue weighted by atomic mass is 9.92. The lowest BCUT2D eigenvalue weighted by Gasteiger charge is -2.16. The zero-order chi connectivity index (χ0) is 21.6. The Labute approximate surface area is 172 Å². The van der Waals surface area contributed by atoms with Crippen LogP contribution in [0.5, 0.6) is 11.5 Å². The van der Waals surface area contributed by atoms with Gasteiger partial charge in [0.15, 0.2) is 5.78 Å². The molecule has 4 nitrogen and oxygen atoms in total. The van der Waals surface area contributed by atoms with Crippen molar-refractivity contribution in [2.45, 2.75) is 20.3 Å². The van der Waals surface area contributed by atoms with Crippen LogP contribution in [0.2, 0.25) is 0 Å². The Kier molecular flexibility index (Phi) is 7.32. The number of Topliss-reactive ketones (excluding diaryl/α,β-unsaturated/α-hetero) is 1. The van der Waals surface area contributed by atoms with Crippen molar-refractivity contribution in [2.75, 3.05) is 14.2 Å². The van der Waals surface area contributed by atoms with Crippen molar-refractivity contribution in [1.29, 1.82) is 5.41 Å².